The van der Waals surface area contributed by atoms with Crippen molar-refractivity contribution in [2.24, 2.45) is 0 Å². The molecule has 0 unspecified atom stereocenters. The highest BCUT2D eigenvalue weighted by atomic mass is 35.5. The van der Waals surface area contributed by atoms with Crippen LogP contribution >= 0.6 is 23.8 Å². The van der Waals surface area contributed by atoms with Gasteiger partial charge in [0.25, 0.3) is 0 Å². The van der Waals surface area contributed by atoms with Crippen LogP contribution < -0.4 is 14.9 Å². The zero-order chi connectivity index (χ0) is 15.4. The first-order valence-electron chi connectivity index (χ1n) is 6.44. The summed E-state index contributed by atoms with van der Waals surface area (Å²) in [6.45, 7) is 4.83. The van der Waals surface area contributed by atoms with E-state index < -0.39 is 0 Å². The van der Waals surface area contributed by atoms with Gasteiger partial charge in [-0.1, -0.05) is 11.6 Å². The molecule has 21 heavy (non-hydrogen) atoms. The van der Waals surface area contributed by atoms with Gasteiger partial charge >= 0.3 is 0 Å². The maximum Gasteiger partial charge on any atom is 0.214 e. The van der Waals surface area contributed by atoms with Gasteiger partial charge < -0.3 is 14.9 Å². The quantitative estimate of drug-likeness (QED) is 0.798. The number of aromatic nitrogens is 3. The summed E-state index contributed by atoms with van der Waals surface area (Å²) in [5.74, 6) is 1.92. The molecule has 0 aliphatic heterocycles. The first-order chi connectivity index (χ1) is 10.1. The molecule has 1 aromatic carbocycles. The molecule has 0 saturated heterocycles. The topological polar surface area (TPSA) is 64.1 Å². The van der Waals surface area contributed by atoms with E-state index in [2.05, 4.69) is 15.6 Å². The molecule has 0 atom stereocenters. The van der Waals surface area contributed by atoms with Gasteiger partial charge in [-0.2, -0.15) is 5.10 Å². The van der Waals surface area contributed by atoms with Gasteiger partial charge in [-0.25, -0.2) is 4.68 Å². The summed E-state index contributed by atoms with van der Waals surface area (Å²) in [4.78, 5) is 0. The zero-order valence-electron chi connectivity index (χ0n) is 12.1. The van der Waals surface area contributed by atoms with Gasteiger partial charge in [0.15, 0.2) is 11.5 Å². The second-order valence-corrected chi connectivity index (χ2v) is 5.08. The van der Waals surface area contributed by atoms with Gasteiger partial charge in [0.05, 0.1) is 25.3 Å². The first kappa shape index (κ1) is 15.7. The molecule has 0 fully saturated rings. The number of H-pyrrole nitrogens is 1. The maximum atomic E-state index is 6.21. The van der Waals surface area contributed by atoms with E-state index in [4.69, 9.17) is 33.3 Å². The third-order valence-electron chi connectivity index (χ3n) is 2.85. The Morgan fingerprint density at radius 3 is 2.81 bits per heavy atom. The second kappa shape index (κ2) is 6.82. The lowest BCUT2D eigenvalue weighted by Crippen LogP contribution is -2.16. The van der Waals surface area contributed by atoms with Crippen LogP contribution in [0.25, 0.3) is 0 Å². The molecular weight excluding hydrogens is 312 g/mol. The van der Waals surface area contributed by atoms with Gasteiger partial charge in [-0.15, -0.1) is 0 Å². The van der Waals surface area contributed by atoms with Crippen LogP contribution in [0.4, 0.5) is 0 Å². The molecule has 2 rings (SSSR count). The van der Waals surface area contributed by atoms with Crippen molar-refractivity contribution in [1.82, 2.24) is 14.9 Å². The van der Waals surface area contributed by atoms with E-state index >= 15 is 0 Å². The number of halogens is 1. The third kappa shape index (κ3) is 3.48. The molecule has 0 saturated carbocycles. The fourth-order valence-corrected chi connectivity index (χ4v) is 2.47. The monoisotopic (exact) mass is 328 g/mol. The highest BCUT2D eigenvalue weighted by molar-refractivity contribution is 7.71. The van der Waals surface area contributed by atoms with Gasteiger partial charge in [0.1, 0.15) is 5.82 Å². The summed E-state index contributed by atoms with van der Waals surface area (Å²) in [6, 6.07) is 3.72. The van der Waals surface area contributed by atoms with E-state index in [1.807, 2.05) is 26.0 Å². The summed E-state index contributed by atoms with van der Waals surface area (Å²) < 4.78 is 13.0. The number of nitrogens with one attached hydrogen (secondary N) is 2. The van der Waals surface area contributed by atoms with E-state index in [-0.39, 0.29) is 0 Å². The Labute approximate surface area is 133 Å². The van der Waals surface area contributed by atoms with Crippen LogP contribution in [0.1, 0.15) is 18.3 Å². The fraction of sp³-hybridized carbons (Fsp3) is 0.385. The number of methoxy groups -OCH3 is 1. The number of hydrogen-bond donors (Lipinski definition) is 2. The fourth-order valence-electron chi connectivity index (χ4n) is 1.92. The largest absolute Gasteiger partial charge is 0.491 e. The van der Waals surface area contributed by atoms with Crippen LogP contribution in [0.15, 0.2) is 12.1 Å². The van der Waals surface area contributed by atoms with E-state index in [0.717, 1.165) is 11.4 Å². The van der Waals surface area contributed by atoms with E-state index in [1.54, 1.807) is 11.8 Å². The van der Waals surface area contributed by atoms with Crippen LogP contribution in [0.5, 0.6) is 11.5 Å². The van der Waals surface area contributed by atoms with Crippen molar-refractivity contribution >= 4 is 23.8 Å². The predicted molar refractivity (Wildman–Crippen MR) is 84.4 cm³/mol. The Bertz CT molecular complexity index is 683. The summed E-state index contributed by atoms with van der Waals surface area (Å²) in [6.07, 6.45) is 0. The number of hydrogen-bond acceptors (Lipinski definition) is 5. The van der Waals surface area contributed by atoms with Crippen molar-refractivity contribution < 1.29 is 9.47 Å². The predicted octanol–water partition coefficient (Wildman–Crippen LogP) is 3.05. The lowest BCUT2D eigenvalue weighted by atomic mass is 10.2. The maximum absolute atomic E-state index is 6.21. The van der Waals surface area contributed by atoms with Gasteiger partial charge in [-0.05, 0) is 43.8 Å². The summed E-state index contributed by atoms with van der Waals surface area (Å²) in [7, 11) is 1.57. The average molecular weight is 329 g/mol. The lowest BCUT2D eigenvalue weighted by molar-refractivity contribution is 0.310. The highest BCUT2D eigenvalue weighted by Gasteiger charge is 2.11. The number of ether oxygens (including phenoxy) is 2. The molecule has 2 aromatic rings. The smallest absolute Gasteiger partial charge is 0.214 e. The van der Waals surface area contributed by atoms with Crippen LogP contribution in [0, 0.1) is 11.7 Å². The summed E-state index contributed by atoms with van der Waals surface area (Å²) >= 11 is 11.3. The van der Waals surface area contributed by atoms with E-state index in [1.165, 1.54) is 0 Å². The average Bonchev–Trinajstić information content (AvgIpc) is 2.76. The number of aromatic amines is 1. The standard InChI is InChI=1S/C13H17ClN4O2S/c1-4-20-11-6-9(5-10(14)12(11)19-3)7-15-18-8(2)16-17-13(18)21/h5-6,15H,4,7H2,1-3H3,(H,17,21). The number of nitrogens with zero attached hydrogens (tertiary/aromatic N) is 2. The van der Waals surface area contributed by atoms with Crippen molar-refractivity contribution in [3.63, 3.8) is 0 Å². The van der Waals surface area contributed by atoms with Crippen LogP contribution in [-0.2, 0) is 6.54 Å². The normalized spacial score (nSPS) is 10.5. The van der Waals surface area contributed by atoms with Crippen LogP contribution in [-0.4, -0.2) is 28.6 Å². The first-order valence-corrected chi connectivity index (χ1v) is 7.22. The van der Waals surface area contributed by atoms with Crippen LogP contribution in [0.2, 0.25) is 5.02 Å². The van der Waals surface area contributed by atoms with Crippen molar-refractivity contribution in [3.8, 4) is 11.5 Å². The van der Waals surface area contributed by atoms with Crippen molar-refractivity contribution in [2.75, 3.05) is 19.1 Å². The minimum absolute atomic E-state index is 0.507. The van der Waals surface area contributed by atoms with Crippen molar-refractivity contribution in [3.05, 3.63) is 33.3 Å². The molecule has 0 aliphatic carbocycles. The minimum atomic E-state index is 0.507. The Hall–Kier alpha value is -1.73. The van der Waals surface area contributed by atoms with Crippen molar-refractivity contribution in [1.29, 1.82) is 0 Å². The highest BCUT2D eigenvalue weighted by Crippen LogP contribution is 2.36. The molecular formula is C13H17ClN4O2S. The molecule has 0 aliphatic rings. The molecule has 0 bridgehead atoms. The van der Waals surface area contributed by atoms with Crippen LogP contribution in [0.3, 0.4) is 0 Å². The minimum Gasteiger partial charge on any atom is -0.491 e. The molecule has 1 aromatic heterocycles. The molecule has 0 amide bonds. The second-order valence-electron chi connectivity index (χ2n) is 4.29. The van der Waals surface area contributed by atoms with Gasteiger partial charge in [-0.3, -0.25) is 5.10 Å². The SMILES string of the molecule is CCOc1cc(CNn2c(C)n[nH]c2=S)cc(Cl)c1OC. The van der Waals surface area contributed by atoms with Gasteiger partial charge in [0, 0.05) is 0 Å². The molecule has 6 nitrogen and oxygen atoms in total. The molecule has 2 N–H and O–H groups in total. The van der Waals surface area contributed by atoms with E-state index in [9.17, 15) is 0 Å². The Kier molecular flexibility index (Phi) is 5.08. The van der Waals surface area contributed by atoms with E-state index in [0.29, 0.717) is 34.4 Å². The lowest BCUT2D eigenvalue weighted by Gasteiger charge is -2.14. The molecule has 0 spiro atoms. The Morgan fingerprint density at radius 2 is 2.24 bits per heavy atom. The molecule has 0 radical (unpaired) electrons. The zero-order valence-corrected chi connectivity index (χ0v) is 13.6. The summed E-state index contributed by atoms with van der Waals surface area (Å²) in [5.41, 5.74) is 4.13. The van der Waals surface area contributed by atoms with Crippen molar-refractivity contribution in [2.45, 2.75) is 20.4 Å². The molecule has 1 heterocycles. The number of rotatable bonds is 6. The Balaban J connectivity index is 2.22. The third-order valence-corrected chi connectivity index (χ3v) is 3.41. The number of aryl methyl sites for hydroxylation is 1. The Morgan fingerprint density at radius 1 is 1.48 bits per heavy atom. The molecule has 114 valence electrons. The summed E-state index contributed by atoms with van der Waals surface area (Å²) in [5, 5.41) is 7.26. The number of benzene rings is 1. The molecule has 8 heteroatoms. The van der Waals surface area contributed by atoms with Gasteiger partial charge in [0.2, 0.25) is 4.77 Å².